The van der Waals surface area contributed by atoms with Crippen molar-refractivity contribution in [3.63, 3.8) is 0 Å². The van der Waals surface area contributed by atoms with Crippen molar-refractivity contribution in [2.45, 2.75) is 19.6 Å². The summed E-state index contributed by atoms with van der Waals surface area (Å²) in [5.41, 5.74) is 0.617. The van der Waals surface area contributed by atoms with Gasteiger partial charge in [-0.3, -0.25) is 0 Å². The van der Waals surface area contributed by atoms with E-state index in [0.717, 1.165) is 4.90 Å². The first-order valence-electron chi connectivity index (χ1n) is 6.06. The molecule has 6 nitrogen and oxygen atoms in total. The number of fused-ring (bicyclic) bond motifs is 2. The van der Waals surface area contributed by atoms with E-state index in [-0.39, 0.29) is 4.90 Å². The van der Waals surface area contributed by atoms with E-state index in [1.54, 1.807) is 30.3 Å². The molecule has 2 aromatic carbocycles. The van der Waals surface area contributed by atoms with E-state index in [4.69, 9.17) is 0 Å². The van der Waals surface area contributed by atoms with Gasteiger partial charge in [-0.1, -0.05) is 23.9 Å². The molecule has 1 aromatic heterocycles. The summed E-state index contributed by atoms with van der Waals surface area (Å²) >= 11 is 1.45. The Morgan fingerprint density at radius 3 is 2.62 bits per heavy atom. The number of aromatic nitrogens is 4. The third-order valence-corrected chi connectivity index (χ3v) is 6.46. The van der Waals surface area contributed by atoms with Crippen molar-refractivity contribution in [2.75, 3.05) is 0 Å². The van der Waals surface area contributed by atoms with E-state index in [1.807, 2.05) is 12.1 Å². The van der Waals surface area contributed by atoms with E-state index in [9.17, 15) is 8.42 Å². The van der Waals surface area contributed by atoms with E-state index in [0.29, 0.717) is 21.2 Å². The summed E-state index contributed by atoms with van der Waals surface area (Å²) in [4.78, 5) is 2.08. The van der Waals surface area contributed by atoms with Crippen LogP contribution in [-0.4, -0.2) is 29.0 Å². The van der Waals surface area contributed by atoms with Gasteiger partial charge in [0.1, 0.15) is 0 Å². The van der Waals surface area contributed by atoms with Crippen LogP contribution in [0.1, 0.15) is 0 Å². The zero-order valence-electron chi connectivity index (χ0n) is 10.5. The highest BCUT2D eigenvalue weighted by molar-refractivity contribution is 8.02. The highest BCUT2D eigenvalue weighted by atomic mass is 32.2. The highest BCUT2D eigenvalue weighted by Crippen LogP contribution is 2.45. The van der Waals surface area contributed by atoms with Gasteiger partial charge in [0.2, 0.25) is 15.7 Å². The number of rotatable bonds is 1. The first-order valence-corrected chi connectivity index (χ1v) is 8.36. The van der Waals surface area contributed by atoms with E-state index in [1.165, 1.54) is 11.8 Å². The fraction of sp³-hybridized carbons (Fsp3) is 0. The van der Waals surface area contributed by atoms with Crippen LogP contribution in [0.2, 0.25) is 0 Å². The van der Waals surface area contributed by atoms with Crippen LogP contribution in [0.4, 0.5) is 0 Å². The molecule has 3 aromatic rings. The van der Waals surface area contributed by atoms with Crippen LogP contribution in [0.3, 0.4) is 0 Å². The quantitative estimate of drug-likeness (QED) is 0.579. The zero-order valence-corrected chi connectivity index (χ0v) is 12.1. The summed E-state index contributed by atoms with van der Waals surface area (Å²) in [5, 5.41) is 13.6. The smallest absolute Gasteiger partial charge is 0.208 e. The SMILES string of the molecule is O=S1(=O)c2ccccc2Sc2ccc(-c3nn[nH]n3)cc21. The minimum atomic E-state index is -3.52. The number of tetrazole rings is 1. The molecule has 1 aliphatic rings. The minimum absolute atomic E-state index is 0.286. The molecular formula is C13H8N4O2S2. The molecule has 0 saturated carbocycles. The van der Waals surface area contributed by atoms with Crippen molar-refractivity contribution < 1.29 is 8.42 Å². The summed E-state index contributed by atoms with van der Waals surface area (Å²) < 4.78 is 25.5. The molecule has 1 N–H and O–H groups in total. The van der Waals surface area contributed by atoms with Gasteiger partial charge in [-0.2, -0.15) is 5.21 Å². The van der Waals surface area contributed by atoms with Crippen molar-refractivity contribution in [1.82, 2.24) is 20.6 Å². The number of nitrogens with zero attached hydrogens (tertiary/aromatic N) is 3. The molecule has 0 bridgehead atoms. The summed E-state index contributed by atoms with van der Waals surface area (Å²) in [6, 6.07) is 12.2. The molecule has 0 unspecified atom stereocenters. The standard InChI is InChI=1S/C13H8N4O2S2/c18-21(19)11-4-2-1-3-9(11)20-10-6-5-8(7-12(10)21)13-14-16-17-15-13/h1-7H,(H,14,15,16,17). The number of sulfone groups is 1. The third kappa shape index (κ3) is 1.87. The lowest BCUT2D eigenvalue weighted by molar-refractivity contribution is 0.591. The molecule has 0 aliphatic carbocycles. The topological polar surface area (TPSA) is 88.6 Å². The monoisotopic (exact) mass is 316 g/mol. The van der Waals surface area contributed by atoms with E-state index in [2.05, 4.69) is 20.6 Å². The number of benzene rings is 2. The van der Waals surface area contributed by atoms with Crippen LogP contribution >= 0.6 is 11.8 Å². The molecule has 1 aliphatic heterocycles. The summed E-state index contributed by atoms with van der Waals surface area (Å²) in [7, 11) is -3.52. The fourth-order valence-corrected chi connectivity index (χ4v) is 5.42. The Labute approximate surface area is 124 Å². The Kier molecular flexibility index (Phi) is 2.63. The van der Waals surface area contributed by atoms with Crippen LogP contribution < -0.4 is 0 Å². The van der Waals surface area contributed by atoms with Crippen LogP contribution in [-0.2, 0) is 9.84 Å². The van der Waals surface area contributed by atoms with Gasteiger partial charge in [0.05, 0.1) is 9.79 Å². The summed E-state index contributed by atoms with van der Waals surface area (Å²) in [5.74, 6) is 0.372. The van der Waals surface area contributed by atoms with E-state index < -0.39 is 9.84 Å². The number of nitrogens with one attached hydrogen (secondary N) is 1. The van der Waals surface area contributed by atoms with Crippen molar-refractivity contribution in [3.8, 4) is 11.4 Å². The molecule has 0 amide bonds. The van der Waals surface area contributed by atoms with Gasteiger partial charge in [0.25, 0.3) is 0 Å². The van der Waals surface area contributed by atoms with E-state index >= 15 is 0 Å². The minimum Gasteiger partial charge on any atom is -0.218 e. The molecule has 0 atom stereocenters. The molecule has 4 rings (SSSR count). The Hall–Kier alpha value is -2.19. The van der Waals surface area contributed by atoms with Crippen molar-refractivity contribution in [3.05, 3.63) is 42.5 Å². The molecule has 21 heavy (non-hydrogen) atoms. The predicted octanol–water partition coefficient (Wildman–Crippen LogP) is 2.16. The Balaban J connectivity index is 1.95. The molecular weight excluding hydrogens is 308 g/mol. The van der Waals surface area contributed by atoms with Crippen LogP contribution in [0.25, 0.3) is 11.4 Å². The van der Waals surface area contributed by atoms with Gasteiger partial charge in [-0.05, 0) is 35.5 Å². The zero-order chi connectivity index (χ0) is 14.4. The highest BCUT2D eigenvalue weighted by Gasteiger charge is 2.30. The molecule has 0 radical (unpaired) electrons. The van der Waals surface area contributed by atoms with Crippen LogP contribution in [0, 0.1) is 0 Å². The number of H-pyrrole nitrogens is 1. The second kappa shape index (κ2) is 4.40. The molecule has 8 heteroatoms. The maximum absolute atomic E-state index is 12.7. The van der Waals surface area contributed by atoms with Gasteiger partial charge in [0.15, 0.2) is 0 Å². The molecule has 0 saturated heterocycles. The van der Waals surface area contributed by atoms with Crippen molar-refractivity contribution in [1.29, 1.82) is 0 Å². The van der Waals surface area contributed by atoms with Gasteiger partial charge in [0, 0.05) is 15.4 Å². The van der Waals surface area contributed by atoms with Crippen molar-refractivity contribution in [2.24, 2.45) is 0 Å². The lowest BCUT2D eigenvalue weighted by atomic mass is 10.2. The second-order valence-corrected chi connectivity index (χ2v) is 7.42. The lowest BCUT2D eigenvalue weighted by Crippen LogP contribution is -2.09. The largest absolute Gasteiger partial charge is 0.218 e. The number of hydrogen-bond acceptors (Lipinski definition) is 6. The van der Waals surface area contributed by atoms with Gasteiger partial charge >= 0.3 is 0 Å². The molecule has 2 heterocycles. The Morgan fingerprint density at radius 2 is 1.81 bits per heavy atom. The van der Waals surface area contributed by atoms with Gasteiger partial charge < -0.3 is 0 Å². The Morgan fingerprint density at radius 1 is 1.00 bits per heavy atom. The molecule has 0 fully saturated rings. The average molecular weight is 316 g/mol. The summed E-state index contributed by atoms with van der Waals surface area (Å²) in [6.45, 7) is 0. The normalized spacial score (nSPS) is 15.2. The van der Waals surface area contributed by atoms with Crippen LogP contribution in [0.15, 0.2) is 62.0 Å². The maximum Gasteiger partial charge on any atom is 0.208 e. The number of hydrogen-bond donors (Lipinski definition) is 1. The first kappa shape index (κ1) is 12.5. The molecule has 0 spiro atoms. The second-order valence-electron chi connectivity index (χ2n) is 4.45. The third-order valence-electron chi connectivity index (χ3n) is 3.20. The van der Waals surface area contributed by atoms with Crippen molar-refractivity contribution >= 4 is 21.6 Å². The van der Waals surface area contributed by atoms with Crippen LogP contribution in [0.5, 0.6) is 0 Å². The predicted molar refractivity (Wildman–Crippen MR) is 75.6 cm³/mol. The fourth-order valence-electron chi connectivity index (χ4n) is 2.22. The average Bonchev–Trinajstić information content (AvgIpc) is 3.01. The first-order chi connectivity index (χ1) is 10.2. The van der Waals surface area contributed by atoms with Gasteiger partial charge in [-0.15, -0.1) is 10.2 Å². The van der Waals surface area contributed by atoms with Gasteiger partial charge in [-0.25, -0.2) is 8.42 Å². The lowest BCUT2D eigenvalue weighted by Gasteiger charge is -2.19. The maximum atomic E-state index is 12.7. The molecule has 104 valence electrons. The number of aromatic amines is 1. The Bertz CT molecular complexity index is 937. The summed E-state index contributed by atoms with van der Waals surface area (Å²) in [6.07, 6.45) is 0.